The molecule has 2 N–H and O–H groups in total. The number of hydrogen-bond acceptors (Lipinski definition) is 4. The van der Waals surface area contributed by atoms with Crippen LogP contribution in [0, 0.1) is 11.8 Å². The average Bonchev–Trinajstić information content (AvgIpc) is 3.06. The van der Waals surface area contributed by atoms with Crippen LogP contribution in [0.25, 0.3) is 0 Å². The van der Waals surface area contributed by atoms with Crippen LogP contribution in [-0.2, 0) is 29.2 Å². The van der Waals surface area contributed by atoms with Gasteiger partial charge in [-0.1, -0.05) is 25.7 Å². The molecule has 0 aromatic carbocycles. The molecule has 0 saturated heterocycles. The van der Waals surface area contributed by atoms with Gasteiger partial charge in [-0.25, -0.2) is 0 Å². The van der Waals surface area contributed by atoms with Gasteiger partial charge in [0.15, 0.2) is 0 Å². The van der Waals surface area contributed by atoms with Crippen LogP contribution in [0.15, 0.2) is 6.07 Å². The highest BCUT2D eigenvalue weighted by molar-refractivity contribution is 5.81. The molecule has 2 amide bonds. The van der Waals surface area contributed by atoms with Crippen molar-refractivity contribution in [2.24, 2.45) is 11.8 Å². The maximum atomic E-state index is 12.4. The first-order chi connectivity index (χ1) is 13.1. The van der Waals surface area contributed by atoms with E-state index in [0.717, 1.165) is 49.9 Å². The highest BCUT2D eigenvalue weighted by Gasteiger charge is 2.32. The number of amides is 2. The van der Waals surface area contributed by atoms with E-state index in [1.807, 2.05) is 15.6 Å². The van der Waals surface area contributed by atoms with Crippen molar-refractivity contribution >= 4 is 11.8 Å². The van der Waals surface area contributed by atoms with E-state index in [2.05, 4.69) is 10.4 Å². The van der Waals surface area contributed by atoms with E-state index in [-0.39, 0.29) is 23.7 Å². The Labute approximate surface area is 160 Å². The summed E-state index contributed by atoms with van der Waals surface area (Å²) in [6, 6.07) is 1.97. The van der Waals surface area contributed by atoms with Crippen molar-refractivity contribution in [2.45, 2.75) is 77.1 Å². The zero-order chi connectivity index (χ0) is 18.8. The number of aromatic nitrogens is 2. The van der Waals surface area contributed by atoms with E-state index in [1.54, 1.807) is 0 Å². The number of nitrogens with zero attached hydrogens (tertiary/aromatic N) is 3. The van der Waals surface area contributed by atoms with Crippen LogP contribution in [0.1, 0.15) is 62.8 Å². The van der Waals surface area contributed by atoms with E-state index in [0.29, 0.717) is 26.2 Å². The van der Waals surface area contributed by atoms with Crippen LogP contribution >= 0.6 is 0 Å². The third-order valence-electron chi connectivity index (χ3n) is 6.42. The minimum Gasteiger partial charge on any atom is -0.383 e. The number of nitrogens with one attached hydrogen (secondary N) is 1. The van der Waals surface area contributed by atoms with Gasteiger partial charge in [-0.3, -0.25) is 14.3 Å². The number of aliphatic hydroxyl groups is 1. The van der Waals surface area contributed by atoms with Crippen LogP contribution in [0.2, 0.25) is 0 Å². The molecule has 1 aromatic heterocycles. The monoisotopic (exact) mass is 374 g/mol. The second-order valence-electron chi connectivity index (χ2n) is 8.30. The maximum Gasteiger partial charge on any atom is 0.249 e. The van der Waals surface area contributed by atoms with Crippen molar-refractivity contribution < 1.29 is 14.7 Å². The number of carbonyl (C=O) groups is 2. The lowest BCUT2D eigenvalue weighted by Gasteiger charge is -2.34. The number of aliphatic hydroxyl groups excluding tert-OH is 1. The van der Waals surface area contributed by atoms with Gasteiger partial charge in [0.1, 0.15) is 6.10 Å². The van der Waals surface area contributed by atoms with Crippen molar-refractivity contribution in [3.63, 3.8) is 0 Å². The predicted molar refractivity (Wildman–Crippen MR) is 99.4 cm³/mol. The summed E-state index contributed by atoms with van der Waals surface area (Å²) in [7, 11) is 0. The van der Waals surface area contributed by atoms with Crippen molar-refractivity contribution in [1.29, 1.82) is 0 Å². The quantitative estimate of drug-likeness (QED) is 0.819. The van der Waals surface area contributed by atoms with Crippen LogP contribution < -0.4 is 5.32 Å². The first-order valence-electron chi connectivity index (χ1n) is 10.4. The summed E-state index contributed by atoms with van der Waals surface area (Å²) < 4.78 is 1.93. The molecule has 2 aliphatic carbocycles. The fourth-order valence-electron chi connectivity index (χ4n) is 4.46. The van der Waals surface area contributed by atoms with Crippen molar-refractivity contribution in [3.8, 4) is 0 Å². The number of fused-ring (bicyclic) bond motifs is 1. The van der Waals surface area contributed by atoms with Gasteiger partial charge in [-0.05, 0) is 37.7 Å². The van der Waals surface area contributed by atoms with Crippen LogP contribution in [0.3, 0.4) is 0 Å². The number of rotatable bonds is 5. The summed E-state index contributed by atoms with van der Waals surface area (Å²) >= 11 is 0. The second-order valence-corrected chi connectivity index (χ2v) is 8.30. The molecule has 1 unspecified atom stereocenters. The molecule has 27 heavy (non-hydrogen) atoms. The molecule has 3 aliphatic rings. The van der Waals surface area contributed by atoms with Crippen molar-refractivity contribution in [2.75, 3.05) is 6.54 Å². The lowest BCUT2D eigenvalue weighted by atomic mass is 9.84. The largest absolute Gasteiger partial charge is 0.383 e. The highest BCUT2D eigenvalue weighted by Crippen LogP contribution is 2.29. The summed E-state index contributed by atoms with van der Waals surface area (Å²) in [5.74, 6) is 0.286. The summed E-state index contributed by atoms with van der Waals surface area (Å²) in [4.78, 5) is 26.7. The Morgan fingerprint density at radius 2 is 1.93 bits per heavy atom. The van der Waals surface area contributed by atoms with Gasteiger partial charge in [0.05, 0.1) is 31.0 Å². The van der Waals surface area contributed by atoms with Crippen LogP contribution in [0.5, 0.6) is 0 Å². The molecule has 1 aromatic rings. The van der Waals surface area contributed by atoms with Gasteiger partial charge >= 0.3 is 0 Å². The summed E-state index contributed by atoms with van der Waals surface area (Å²) in [6.45, 7) is 2.32. The molecule has 0 spiro atoms. The standard InChI is InChI=1S/C20H30N4O3/c25-18(14-5-2-1-3-6-14)19(26)21-12-16-11-17-13-23(9-10-24(17)22-16)20(27)15-7-4-8-15/h11,14-15,18,25H,1-10,12-13H2,(H,21,26). The minimum atomic E-state index is -0.918. The molecule has 7 nitrogen and oxygen atoms in total. The Morgan fingerprint density at radius 1 is 1.15 bits per heavy atom. The molecular weight excluding hydrogens is 344 g/mol. The Balaban J connectivity index is 1.30. The molecule has 2 fully saturated rings. The van der Waals surface area contributed by atoms with Gasteiger partial charge in [0, 0.05) is 12.5 Å². The smallest absolute Gasteiger partial charge is 0.249 e. The lowest BCUT2D eigenvalue weighted by Crippen LogP contribution is -2.43. The second kappa shape index (κ2) is 8.00. The van der Waals surface area contributed by atoms with Gasteiger partial charge in [0.2, 0.25) is 11.8 Å². The molecule has 1 aliphatic heterocycles. The van der Waals surface area contributed by atoms with Gasteiger partial charge in [-0.2, -0.15) is 5.10 Å². The first kappa shape index (κ1) is 18.5. The fourth-order valence-corrected chi connectivity index (χ4v) is 4.46. The summed E-state index contributed by atoms with van der Waals surface area (Å²) in [5.41, 5.74) is 1.80. The predicted octanol–water partition coefficient (Wildman–Crippen LogP) is 1.58. The Bertz CT molecular complexity index is 691. The molecule has 2 saturated carbocycles. The normalized spacial score (nSPS) is 22.0. The average molecular weight is 374 g/mol. The molecule has 1 atom stereocenters. The molecule has 7 heteroatoms. The number of hydrogen-bond donors (Lipinski definition) is 2. The van der Waals surface area contributed by atoms with E-state index in [1.165, 1.54) is 12.8 Å². The fraction of sp³-hybridized carbons (Fsp3) is 0.750. The zero-order valence-electron chi connectivity index (χ0n) is 15.9. The molecule has 0 radical (unpaired) electrons. The molecular formula is C20H30N4O3. The number of carbonyl (C=O) groups excluding carboxylic acids is 2. The van der Waals surface area contributed by atoms with Gasteiger partial charge in [-0.15, -0.1) is 0 Å². The first-order valence-corrected chi connectivity index (χ1v) is 10.4. The van der Waals surface area contributed by atoms with Gasteiger partial charge < -0.3 is 15.3 Å². The molecule has 148 valence electrons. The van der Waals surface area contributed by atoms with Crippen LogP contribution in [-0.4, -0.2) is 44.3 Å². The SMILES string of the molecule is O=C(NCc1cc2n(n1)CCN(C(=O)C1CCC1)C2)C(O)C1CCCCC1. The maximum absolute atomic E-state index is 12.4. The van der Waals surface area contributed by atoms with Crippen molar-refractivity contribution in [3.05, 3.63) is 17.5 Å². The lowest BCUT2D eigenvalue weighted by molar-refractivity contribution is -0.139. The van der Waals surface area contributed by atoms with Gasteiger partial charge in [0.25, 0.3) is 0 Å². The minimum absolute atomic E-state index is 0.0834. The van der Waals surface area contributed by atoms with Crippen LogP contribution in [0.4, 0.5) is 0 Å². The highest BCUT2D eigenvalue weighted by atomic mass is 16.3. The topological polar surface area (TPSA) is 87.5 Å². The summed E-state index contributed by atoms with van der Waals surface area (Å²) in [6.07, 6.45) is 7.54. The van der Waals surface area contributed by atoms with E-state index in [4.69, 9.17) is 0 Å². The molecule has 4 rings (SSSR count). The van der Waals surface area contributed by atoms with E-state index < -0.39 is 6.10 Å². The van der Waals surface area contributed by atoms with Crippen molar-refractivity contribution in [1.82, 2.24) is 20.0 Å². The van der Waals surface area contributed by atoms with E-state index >= 15 is 0 Å². The summed E-state index contributed by atoms with van der Waals surface area (Å²) in [5, 5.41) is 17.7. The molecule has 2 heterocycles. The molecule has 0 bridgehead atoms. The third-order valence-corrected chi connectivity index (χ3v) is 6.42. The van der Waals surface area contributed by atoms with E-state index in [9.17, 15) is 14.7 Å². The third kappa shape index (κ3) is 4.03. The zero-order valence-corrected chi connectivity index (χ0v) is 15.9. The Morgan fingerprint density at radius 3 is 2.63 bits per heavy atom. The Hall–Kier alpha value is -1.89. The Kier molecular flexibility index (Phi) is 5.48.